The maximum absolute atomic E-state index is 11.4. The molecule has 0 aliphatic rings. The van der Waals surface area contributed by atoms with Crippen LogP contribution in [0.4, 0.5) is 0 Å². The SMILES string of the molecule is COC(=O)c1cc(C)ccc1OCC(=O)O. The Morgan fingerprint density at radius 3 is 2.62 bits per heavy atom. The molecular formula is C11H12O5. The molecule has 0 atom stereocenters. The molecule has 1 rings (SSSR count). The van der Waals surface area contributed by atoms with E-state index in [0.717, 1.165) is 5.56 Å². The third-order valence-electron chi connectivity index (χ3n) is 1.89. The minimum atomic E-state index is -1.10. The quantitative estimate of drug-likeness (QED) is 0.779. The van der Waals surface area contributed by atoms with Crippen molar-refractivity contribution in [1.82, 2.24) is 0 Å². The predicted octanol–water partition coefficient (Wildman–Crippen LogP) is 1.25. The highest BCUT2D eigenvalue weighted by Gasteiger charge is 2.13. The lowest BCUT2D eigenvalue weighted by Crippen LogP contribution is -2.12. The molecule has 0 aliphatic carbocycles. The molecule has 16 heavy (non-hydrogen) atoms. The number of benzene rings is 1. The number of rotatable bonds is 4. The van der Waals surface area contributed by atoms with E-state index in [0.29, 0.717) is 0 Å². The summed E-state index contributed by atoms with van der Waals surface area (Å²) in [6, 6.07) is 4.86. The third kappa shape index (κ3) is 2.98. The second-order valence-corrected chi connectivity index (χ2v) is 3.17. The van der Waals surface area contributed by atoms with Crippen LogP contribution in [0.3, 0.4) is 0 Å². The van der Waals surface area contributed by atoms with E-state index in [4.69, 9.17) is 9.84 Å². The van der Waals surface area contributed by atoms with Crippen molar-refractivity contribution in [2.24, 2.45) is 0 Å². The van der Waals surface area contributed by atoms with Crippen molar-refractivity contribution in [1.29, 1.82) is 0 Å². The summed E-state index contributed by atoms with van der Waals surface area (Å²) < 4.78 is 9.55. The van der Waals surface area contributed by atoms with Crippen LogP contribution in [0, 0.1) is 6.92 Å². The van der Waals surface area contributed by atoms with E-state index in [2.05, 4.69) is 4.74 Å². The largest absolute Gasteiger partial charge is 0.481 e. The Kier molecular flexibility index (Phi) is 3.88. The minimum Gasteiger partial charge on any atom is -0.481 e. The summed E-state index contributed by atoms with van der Waals surface area (Å²) in [5.74, 6) is -1.44. The molecule has 1 aromatic carbocycles. The van der Waals surface area contributed by atoms with Gasteiger partial charge in [0.2, 0.25) is 0 Å². The normalized spacial score (nSPS) is 9.62. The highest BCUT2D eigenvalue weighted by Crippen LogP contribution is 2.20. The molecule has 5 heteroatoms. The topological polar surface area (TPSA) is 72.8 Å². The predicted molar refractivity (Wildman–Crippen MR) is 55.6 cm³/mol. The van der Waals surface area contributed by atoms with Crippen LogP contribution >= 0.6 is 0 Å². The Morgan fingerprint density at radius 2 is 2.06 bits per heavy atom. The number of methoxy groups -OCH3 is 1. The van der Waals surface area contributed by atoms with Gasteiger partial charge < -0.3 is 14.6 Å². The smallest absolute Gasteiger partial charge is 0.341 e. The zero-order valence-electron chi connectivity index (χ0n) is 9.02. The van der Waals surface area contributed by atoms with Gasteiger partial charge in [-0.3, -0.25) is 0 Å². The Balaban J connectivity index is 2.98. The van der Waals surface area contributed by atoms with Crippen LogP contribution in [0.1, 0.15) is 15.9 Å². The first kappa shape index (κ1) is 12.0. The summed E-state index contributed by atoms with van der Waals surface area (Å²) in [5.41, 5.74) is 1.09. The Labute approximate surface area is 92.6 Å². The second kappa shape index (κ2) is 5.16. The molecule has 1 aromatic rings. The molecule has 0 saturated carbocycles. The highest BCUT2D eigenvalue weighted by atomic mass is 16.5. The van der Waals surface area contributed by atoms with Gasteiger partial charge in [-0.1, -0.05) is 11.6 Å². The molecule has 86 valence electrons. The van der Waals surface area contributed by atoms with Gasteiger partial charge >= 0.3 is 11.9 Å². The molecule has 0 aliphatic heterocycles. The fourth-order valence-electron chi connectivity index (χ4n) is 1.18. The van der Waals surface area contributed by atoms with Gasteiger partial charge in [-0.05, 0) is 19.1 Å². The fourth-order valence-corrected chi connectivity index (χ4v) is 1.18. The number of carbonyl (C=O) groups is 2. The molecule has 0 amide bonds. The van der Waals surface area contributed by atoms with Gasteiger partial charge in [0.1, 0.15) is 11.3 Å². The minimum absolute atomic E-state index is 0.208. The average molecular weight is 224 g/mol. The summed E-state index contributed by atoms with van der Waals surface area (Å²) in [7, 11) is 1.26. The summed E-state index contributed by atoms with van der Waals surface area (Å²) in [6.45, 7) is 1.32. The summed E-state index contributed by atoms with van der Waals surface area (Å²) in [4.78, 5) is 21.7. The molecule has 0 fully saturated rings. The lowest BCUT2D eigenvalue weighted by molar-refractivity contribution is -0.139. The number of carbonyl (C=O) groups excluding carboxylic acids is 1. The van der Waals surface area contributed by atoms with Crippen molar-refractivity contribution in [3.05, 3.63) is 29.3 Å². The van der Waals surface area contributed by atoms with E-state index in [9.17, 15) is 9.59 Å². The van der Waals surface area contributed by atoms with E-state index in [1.54, 1.807) is 18.2 Å². The van der Waals surface area contributed by atoms with E-state index in [-0.39, 0.29) is 11.3 Å². The summed E-state index contributed by atoms with van der Waals surface area (Å²) in [6.07, 6.45) is 0. The van der Waals surface area contributed by atoms with Crippen LogP contribution in [0.25, 0.3) is 0 Å². The van der Waals surface area contributed by atoms with Gasteiger partial charge in [0, 0.05) is 0 Å². The van der Waals surface area contributed by atoms with Gasteiger partial charge in [-0.15, -0.1) is 0 Å². The third-order valence-corrected chi connectivity index (χ3v) is 1.89. The van der Waals surface area contributed by atoms with E-state index in [1.165, 1.54) is 7.11 Å². The summed E-state index contributed by atoms with van der Waals surface area (Å²) >= 11 is 0. The molecule has 0 saturated heterocycles. The zero-order valence-corrected chi connectivity index (χ0v) is 9.02. The molecule has 0 bridgehead atoms. The average Bonchev–Trinajstić information content (AvgIpc) is 2.26. The number of hydrogen-bond donors (Lipinski definition) is 1. The molecule has 1 N–H and O–H groups in total. The number of aliphatic carboxylic acids is 1. The second-order valence-electron chi connectivity index (χ2n) is 3.17. The Morgan fingerprint density at radius 1 is 1.38 bits per heavy atom. The maximum atomic E-state index is 11.4. The molecule has 0 spiro atoms. The van der Waals surface area contributed by atoms with Crippen LogP contribution in [-0.4, -0.2) is 30.8 Å². The Hall–Kier alpha value is -2.04. The van der Waals surface area contributed by atoms with Crippen molar-refractivity contribution in [2.45, 2.75) is 6.92 Å². The van der Waals surface area contributed by atoms with Crippen LogP contribution in [0.5, 0.6) is 5.75 Å². The van der Waals surface area contributed by atoms with Crippen molar-refractivity contribution in [3.63, 3.8) is 0 Å². The molecular weight excluding hydrogens is 212 g/mol. The van der Waals surface area contributed by atoms with E-state index >= 15 is 0 Å². The lowest BCUT2D eigenvalue weighted by atomic mass is 10.1. The van der Waals surface area contributed by atoms with Crippen LogP contribution in [0.2, 0.25) is 0 Å². The van der Waals surface area contributed by atoms with Crippen LogP contribution in [-0.2, 0) is 9.53 Å². The molecule has 5 nitrogen and oxygen atoms in total. The van der Waals surface area contributed by atoms with Crippen molar-refractivity contribution < 1.29 is 24.2 Å². The van der Waals surface area contributed by atoms with Gasteiger partial charge in [-0.25, -0.2) is 9.59 Å². The molecule has 0 radical (unpaired) electrons. The molecule has 0 aromatic heterocycles. The Bertz CT molecular complexity index is 411. The summed E-state index contributed by atoms with van der Waals surface area (Å²) in [5, 5.41) is 8.47. The van der Waals surface area contributed by atoms with Gasteiger partial charge in [0.25, 0.3) is 0 Å². The van der Waals surface area contributed by atoms with Gasteiger partial charge in [0.05, 0.1) is 7.11 Å². The monoisotopic (exact) mass is 224 g/mol. The molecule has 0 heterocycles. The van der Waals surface area contributed by atoms with E-state index in [1.807, 2.05) is 6.92 Å². The number of carboxylic acid groups (broad SMARTS) is 1. The van der Waals surface area contributed by atoms with Crippen molar-refractivity contribution in [3.8, 4) is 5.75 Å². The number of aryl methyl sites for hydroxylation is 1. The fraction of sp³-hybridized carbons (Fsp3) is 0.273. The zero-order chi connectivity index (χ0) is 12.1. The first-order valence-electron chi connectivity index (χ1n) is 4.58. The van der Waals surface area contributed by atoms with Gasteiger partial charge in [0.15, 0.2) is 6.61 Å². The number of hydrogen-bond acceptors (Lipinski definition) is 4. The standard InChI is InChI=1S/C11H12O5/c1-7-3-4-9(16-6-10(12)13)8(5-7)11(14)15-2/h3-5H,6H2,1-2H3,(H,12,13). The maximum Gasteiger partial charge on any atom is 0.341 e. The highest BCUT2D eigenvalue weighted by molar-refractivity contribution is 5.92. The molecule has 0 unspecified atom stereocenters. The van der Waals surface area contributed by atoms with Crippen LogP contribution in [0.15, 0.2) is 18.2 Å². The lowest BCUT2D eigenvalue weighted by Gasteiger charge is -2.09. The van der Waals surface area contributed by atoms with E-state index < -0.39 is 18.5 Å². The van der Waals surface area contributed by atoms with Crippen LogP contribution < -0.4 is 4.74 Å². The van der Waals surface area contributed by atoms with Crippen molar-refractivity contribution in [2.75, 3.05) is 13.7 Å². The number of esters is 1. The first-order valence-corrected chi connectivity index (χ1v) is 4.58. The van der Waals surface area contributed by atoms with Gasteiger partial charge in [-0.2, -0.15) is 0 Å². The van der Waals surface area contributed by atoms with Crippen molar-refractivity contribution >= 4 is 11.9 Å². The first-order chi connectivity index (χ1) is 7.54. The number of ether oxygens (including phenoxy) is 2. The number of carboxylic acids is 1.